The lowest BCUT2D eigenvalue weighted by molar-refractivity contribution is -0.148. The summed E-state index contributed by atoms with van der Waals surface area (Å²) in [7, 11) is 3.08. The van der Waals surface area contributed by atoms with Gasteiger partial charge in [-0.1, -0.05) is 18.2 Å². The molecule has 0 unspecified atom stereocenters. The highest BCUT2D eigenvalue weighted by Gasteiger charge is 2.24. The normalized spacial score (nSPS) is 13.5. The average Bonchev–Trinajstić information content (AvgIpc) is 2.86. The Morgan fingerprint density at radius 2 is 1.64 bits per heavy atom. The van der Waals surface area contributed by atoms with Crippen molar-refractivity contribution in [2.24, 2.45) is 0 Å². The third-order valence-corrected chi connectivity index (χ3v) is 5.12. The SMILES string of the molecule is COc1ccc(/C=C/C(=O)OCC(=O)N2CCN(C(=O)Nc3ccccc3)CC2)c(OC)c1. The van der Waals surface area contributed by atoms with Gasteiger partial charge in [0.25, 0.3) is 5.91 Å². The zero-order valence-corrected chi connectivity index (χ0v) is 18.7. The molecule has 2 aromatic rings. The summed E-state index contributed by atoms with van der Waals surface area (Å²) in [6.45, 7) is 1.18. The van der Waals surface area contributed by atoms with E-state index in [2.05, 4.69) is 5.32 Å². The number of hydrogen-bond donors (Lipinski definition) is 1. The summed E-state index contributed by atoms with van der Waals surface area (Å²) in [4.78, 5) is 40.0. The van der Waals surface area contributed by atoms with Gasteiger partial charge >= 0.3 is 12.0 Å². The van der Waals surface area contributed by atoms with E-state index < -0.39 is 5.97 Å². The fourth-order valence-corrected chi connectivity index (χ4v) is 3.27. The smallest absolute Gasteiger partial charge is 0.331 e. The van der Waals surface area contributed by atoms with Gasteiger partial charge < -0.3 is 29.3 Å². The Kier molecular flexibility index (Phi) is 8.29. The zero-order chi connectivity index (χ0) is 23.6. The van der Waals surface area contributed by atoms with Crippen LogP contribution in [0, 0.1) is 0 Å². The number of urea groups is 1. The predicted octanol–water partition coefficient (Wildman–Crippen LogP) is 2.64. The minimum Gasteiger partial charge on any atom is -0.497 e. The van der Waals surface area contributed by atoms with Crippen molar-refractivity contribution < 1.29 is 28.6 Å². The lowest BCUT2D eigenvalue weighted by Crippen LogP contribution is -2.52. The molecule has 0 radical (unpaired) electrons. The first-order valence-electron chi connectivity index (χ1n) is 10.5. The topological polar surface area (TPSA) is 97.4 Å². The zero-order valence-electron chi connectivity index (χ0n) is 18.7. The van der Waals surface area contributed by atoms with E-state index in [0.29, 0.717) is 48.9 Å². The molecule has 0 atom stereocenters. The van der Waals surface area contributed by atoms with E-state index in [9.17, 15) is 14.4 Å². The fraction of sp³-hybridized carbons (Fsp3) is 0.292. The molecule has 9 heteroatoms. The summed E-state index contributed by atoms with van der Waals surface area (Å²) in [6.07, 6.45) is 2.79. The summed E-state index contributed by atoms with van der Waals surface area (Å²) in [5, 5.41) is 2.83. The Bertz CT molecular complexity index is 1000. The van der Waals surface area contributed by atoms with Crippen LogP contribution in [0.2, 0.25) is 0 Å². The van der Waals surface area contributed by atoms with Crippen molar-refractivity contribution in [2.75, 3.05) is 52.3 Å². The van der Waals surface area contributed by atoms with Crippen molar-refractivity contribution in [1.82, 2.24) is 9.80 Å². The molecule has 1 heterocycles. The Morgan fingerprint density at radius 1 is 0.939 bits per heavy atom. The first kappa shape index (κ1) is 23.6. The van der Waals surface area contributed by atoms with Crippen LogP contribution in [0.15, 0.2) is 54.6 Å². The molecule has 1 aliphatic rings. The van der Waals surface area contributed by atoms with Crippen LogP contribution < -0.4 is 14.8 Å². The molecule has 33 heavy (non-hydrogen) atoms. The molecule has 1 aliphatic heterocycles. The van der Waals surface area contributed by atoms with Gasteiger partial charge in [-0.2, -0.15) is 0 Å². The Hall–Kier alpha value is -4.01. The van der Waals surface area contributed by atoms with E-state index in [0.717, 1.165) is 0 Å². The predicted molar refractivity (Wildman–Crippen MR) is 123 cm³/mol. The second-order valence-corrected chi connectivity index (χ2v) is 7.21. The number of benzene rings is 2. The minimum atomic E-state index is -0.637. The third kappa shape index (κ3) is 6.73. The summed E-state index contributed by atoms with van der Waals surface area (Å²) in [6, 6.07) is 14.2. The van der Waals surface area contributed by atoms with Crippen molar-refractivity contribution >= 4 is 29.7 Å². The molecule has 0 bridgehead atoms. The average molecular weight is 453 g/mol. The number of rotatable bonds is 7. The maximum Gasteiger partial charge on any atom is 0.331 e. The quantitative estimate of drug-likeness (QED) is 0.511. The van der Waals surface area contributed by atoms with E-state index in [1.54, 1.807) is 41.2 Å². The van der Waals surface area contributed by atoms with Gasteiger partial charge in [-0.25, -0.2) is 9.59 Å². The molecule has 0 aliphatic carbocycles. The lowest BCUT2D eigenvalue weighted by atomic mass is 10.2. The largest absolute Gasteiger partial charge is 0.497 e. The molecular weight excluding hydrogens is 426 g/mol. The number of methoxy groups -OCH3 is 2. The molecule has 3 rings (SSSR count). The van der Waals surface area contributed by atoms with Crippen LogP contribution in [0.3, 0.4) is 0 Å². The number of anilines is 1. The van der Waals surface area contributed by atoms with Crippen LogP contribution >= 0.6 is 0 Å². The molecule has 1 saturated heterocycles. The Labute approximate surface area is 192 Å². The molecular formula is C24H27N3O6. The Morgan fingerprint density at radius 3 is 2.30 bits per heavy atom. The maximum absolute atomic E-state index is 12.4. The van der Waals surface area contributed by atoms with Crippen molar-refractivity contribution in [3.8, 4) is 11.5 Å². The van der Waals surface area contributed by atoms with E-state index in [4.69, 9.17) is 14.2 Å². The summed E-state index contributed by atoms with van der Waals surface area (Å²) >= 11 is 0. The molecule has 9 nitrogen and oxygen atoms in total. The van der Waals surface area contributed by atoms with Crippen LogP contribution in [0.1, 0.15) is 5.56 Å². The van der Waals surface area contributed by atoms with Crippen LogP contribution in [0.4, 0.5) is 10.5 Å². The monoisotopic (exact) mass is 453 g/mol. The van der Waals surface area contributed by atoms with Gasteiger partial charge in [0.05, 0.1) is 14.2 Å². The van der Waals surface area contributed by atoms with Gasteiger partial charge in [0.15, 0.2) is 6.61 Å². The molecule has 0 saturated carbocycles. The number of ether oxygens (including phenoxy) is 3. The van der Waals surface area contributed by atoms with E-state index in [1.807, 2.05) is 30.3 Å². The van der Waals surface area contributed by atoms with Crippen LogP contribution in [-0.2, 0) is 14.3 Å². The third-order valence-electron chi connectivity index (χ3n) is 5.12. The van der Waals surface area contributed by atoms with E-state index in [1.165, 1.54) is 13.2 Å². The van der Waals surface area contributed by atoms with Crippen molar-refractivity contribution in [3.05, 3.63) is 60.2 Å². The minimum absolute atomic E-state index is 0.209. The molecule has 1 N–H and O–H groups in total. The summed E-state index contributed by atoms with van der Waals surface area (Å²) in [5.74, 6) is 0.238. The standard InChI is InChI=1S/C24H27N3O6/c1-31-20-10-8-18(21(16-20)32-2)9-11-23(29)33-17-22(28)26-12-14-27(15-13-26)24(30)25-19-6-4-3-5-7-19/h3-11,16H,12-15,17H2,1-2H3,(H,25,30)/b11-9+. The molecule has 2 aromatic carbocycles. The van der Waals surface area contributed by atoms with Gasteiger partial charge in [0.2, 0.25) is 0 Å². The molecule has 0 aromatic heterocycles. The van der Waals surface area contributed by atoms with Crippen LogP contribution in [-0.4, -0.2) is 74.7 Å². The van der Waals surface area contributed by atoms with Gasteiger partial charge in [0, 0.05) is 49.6 Å². The number of nitrogens with zero attached hydrogens (tertiary/aromatic N) is 2. The number of piperazine rings is 1. The highest BCUT2D eigenvalue weighted by molar-refractivity contribution is 5.90. The van der Waals surface area contributed by atoms with Crippen molar-refractivity contribution in [1.29, 1.82) is 0 Å². The Balaban J connectivity index is 1.42. The molecule has 174 valence electrons. The second kappa shape index (κ2) is 11.6. The number of nitrogens with one attached hydrogen (secondary N) is 1. The van der Waals surface area contributed by atoms with Crippen molar-refractivity contribution in [3.63, 3.8) is 0 Å². The summed E-state index contributed by atoms with van der Waals surface area (Å²) in [5.41, 5.74) is 1.39. The van der Waals surface area contributed by atoms with Gasteiger partial charge in [0.1, 0.15) is 11.5 Å². The number of carbonyl (C=O) groups excluding carboxylic acids is 3. The molecule has 0 spiro atoms. The number of esters is 1. The second-order valence-electron chi connectivity index (χ2n) is 7.21. The van der Waals surface area contributed by atoms with Gasteiger partial charge in [-0.05, 0) is 30.3 Å². The number of amides is 3. The maximum atomic E-state index is 12.4. The highest BCUT2D eigenvalue weighted by atomic mass is 16.5. The first-order chi connectivity index (χ1) is 16.0. The first-order valence-corrected chi connectivity index (χ1v) is 10.5. The highest BCUT2D eigenvalue weighted by Crippen LogP contribution is 2.25. The van der Waals surface area contributed by atoms with Crippen LogP contribution in [0.5, 0.6) is 11.5 Å². The molecule has 3 amide bonds. The summed E-state index contributed by atoms with van der Waals surface area (Å²) < 4.78 is 15.5. The van der Waals surface area contributed by atoms with Crippen LogP contribution in [0.25, 0.3) is 6.08 Å². The van der Waals surface area contributed by atoms with Gasteiger partial charge in [-0.15, -0.1) is 0 Å². The number of hydrogen-bond acceptors (Lipinski definition) is 6. The molecule has 1 fully saturated rings. The van der Waals surface area contributed by atoms with Gasteiger partial charge in [-0.3, -0.25) is 4.79 Å². The van der Waals surface area contributed by atoms with Crippen molar-refractivity contribution in [2.45, 2.75) is 0 Å². The lowest BCUT2D eigenvalue weighted by Gasteiger charge is -2.34. The number of para-hydroxylation sites is 1. The van der Waals surface area contributed by atoms with E-state index >= 15 is 0 Å². The van der Waals surface area contributed by atoms with E-state index in [-0.39, 0.29) is 18.5 Å². The number of carbonyl (C=O) groups is 3. The fourth-order valence-electron chi connectivity index (χ4n) is 3.27.